The average Bonchev–Trinajstić information content (AvgIpc) is 2.38. The summed E-state index contributed by atoms with van der Waals surface area (Å²) >= 11 is 5.13. The number of nitrogens with zero attached hydrogens (tertiary/aromatic N) is 1. The molecule has 0 spiro atoms. The van der Waals surface area contributed by atoms with Gasteiger partial charge in [-0.25, -0.2) is 0 Å². The van der Waals surface area contributed by atoms with Crippen LogP contribution in [0.4, 0.5) is 0 Å². The Balaban J connectivity index is 2.25. The van der Waals surface area contributed by atoms with Crippen molar-refractivity contribution in [3.05, 3.63) is 0 Å². The van der Waals surface area contributed by atoms with Crippen molar-refractivity contribution in [3.63, 3.8) is 0 Å². The quantitative estimate of drug-likeness (QED) is 0.573. The summed E-state index contributed by atoms with van der Waals surface area (Å²) in [5.41, 5.74) is 0. The predicted octanol–water partition coefficient (Wildman–Crippen LogP) is 0.977. The molecule has 0 aliphatic carbocycles. The van der Waals surface area contributed by atoms with E-state index in [1.165, 1.54) is 12.8 Å². The summed E-state index contributed by atoms with van der Waals surface area (Å²) in [6.45, 7) is 5.30. The fourth-order valence-corrected chi connectivity index (χ4v) is 1.51. The maximum absolute atomic E-state index is 5.13. The van der Waals surface area contributed by atoms with E-state index in [0.29, 0.717) is 0 Å². The Morgan fingerprint density at radius 3 is 2.60 bits per heavy atom. The lowest BCUT2D eigenvalue weighted by molar-refractivity contribution is 0.509. The minimum atomic E-state index is 0.931. The third-order valence-corrected chi connectivity index (χ3v) is 2.12. The smallest absolute Gasteiger partial charge is 0.168 e. The van der Waals surface area contributed by atoms with Gasteiger partial charge in [0.2, 0.25) is 0 Å². The Kier molecular flexibility index (Phi) is 2.93. The Bertz CT molecular complexity index is 119. The molecule has 10 heavy (non-hydrogen) atoms. The number of nitrogens with one attached hydrogen (secondary N) is 1. The van der Waals surface area contributed by atoms with Crippen LogP contribution in [0.2, 0.25) is 0 Å². The van der Waals surface area contributed by atoms with Gasteiger partial charge in [0.05, 0.1) is 0 Å². The fraction of sp³-hybridized carbons (Fsp3) is 0.857. The fourth-order valence-electron chi connectivity index (χ4n) is 1.18. The highest BCUT2D eigenvalue weighted by Gasteiger charge is 2.12. The second-order valence-corrected chi connectivity index (χ2v) is 2.92. The summed E-state index contributed by atoms with van der Waals surface area (Å²) in [4.78, 5) is 2.23. The van der Waals surface area contributed by atoms with Gasteiger partial charge in [0.25, 0.3) is 0 Å². The van der Waals surface area contributed by atoms with Crippen molar-refractivity contribution in [1.82, 2.24) is 10.2 Å². The Labute approximate surface area is 67.6 Å². The average molecular weight is 158 g/mol. The van der Waals surface area contributed by atoms with Crippen molar-refractivity contribution in [1.29, 1.82) is 0 Å². The Morgan fingerprint density at radius 2 is 2.10 bits per heavy atom. The summed E-state index contributed by atoms with van der Waals surface area (Å²) in [5.74, 6) is 0. The van der Waals surface area contributed by atoms with Crippen molar-refractivity contribution in [3.8, 4) is 0 Å². The molecule has 1 saturated heterocycles. The molecule has 0 bridgehead atoms. The zero-order valence-corrected chi connectivity index (χ0v) is 7.21. The highest BCUT2D eigenvalue weighted by Crippen LogP contribution is 2.06. The molecule has 1 N–H and O–H groups in total. The molecule has 58 valence electrons. The van der Waals surface area contributed by atoms with Gasteiger partial charge in [0.1, 0.15) is 0 Å². The van der Waals surface area contributed by atoms with E-state index in [2.05, 4.69) is 17.1 Å². The van der Waals surface area contributed by atoms with Crippen LogP contribution in [-0.2, 0) is 0 Å². The lowest BCUT2D eigenvalue weighted by Gasteiger charge is -2.18. The molecule has 0 aromatic carbocycles. The van der Waals surface area contributed by atoms with Gasteiger partial charge in [-0.05, 0) is 32.0 Å². The van der Waals surface area contributed by atoms with Crippen LogP contribution in [0.5, 0.6) is 0 Å². The van der Waals surface area contributed by atoms with Gasteiger partial charge in [-0.1, -0.05) is 0 Å². The minimum absolute atomic E-state index is 0.931. The van der Waals surface area contributed by atoms with E-state index in [9.17, 15) is 0 Å². The van der Waals surface area contributed by atoms with Crippen molar-refractivity contribution in [2.24, 2.45) is 0 Å². The second-order valence-electron chi connectivity index (χ2n) is 2.53. The molecule has 0 saturated carbocycles. The van der Waals surface area contributed by atoms with Crippen LogP contribution in [0.3, 0.4) is 0 Å². The van der Waals surface area contributed by atoms with Gasteiger partial charge >= 0.3 is 0 Å². The van der Waals surface area contributed by atoms with E-state index in [-0.39, 0.29) is 0 Å². The molecule has 0 unspecified atom stereocenters. The largest absolute Gasteiger partial charge is 0.363 e. The van der Waals surface area contributed by atoms with Gasteiger partial charge in [-0.2, -0.15) is 0 Å². The van der Waals surface area contributed by atoms with Crippen LogP contribution in [0.15, 0.2) is 0 Å². The van der Waals surface area contributed by atoms with E-state index in [1.807, 2.05) is 0 Å². The zero-order chi connectivity index (χ0) is 7.40. The lowest BCUT2D eigenvalue weighted by Crippen LogP contribution is -2.37. The van der Waals surface area contributed by atoms with Gasteiger partial charge in [0.15, 0.2) is 5.11 Å². The van der Waals surface area contributed by atoms with Crippen molar-refractivity contribution >= 4 is 17.3 Å². The number of hydrogen-bond donors (Lipinski definition) is 1. The Hall–Kier alpha value is -0.310. The first-order valence-corrected chi connectivity index (χ1v) is 4.28. The van der Waals surface area contributed by atoms with Crippen LogP contribution in [0.25, 0.3) is 0 Å². The van der Waals surface area contributed by atoms with Crippen LogP contribution >= 0.6 is 12.2 Å². The van der Waals surface area contributed by atoms with Crippen molar-refractivity contribution < 1.29 is 0 Å². The van der Waals surface area contributed by atoms with Crippen LogP contribution in [0.1, 0.15) is 19.8 Å². The zero-order valence-electron chi connectivity index (χ0n) is 6.39. The van der Waals surface area contributed by atoms with Crippen LogP contribution < -0.4 is 5.32 Å². The Morgan fingerprint density at radius 1 is 1.50 bits per heavy atom. The van der Waals surface area contributed by atoms with E-state index in [0.717, 1.165) is 24.7 Å². The molecular formula is C7H14N2S. The molecule has 1 rings (SSSR count). The minimum Gasteiger partial charge on any atom is -0.363 e. The summed E-state index contributed by atoms with van der Waals surface area (Å²) in [7, 11) is 0. The number of hydrogen-bond acceptors (Lipinski definition) is 1. The first kappa shape index (κ1) is 7.79. The first-order chi connectivity index (χ1) is 4.84. The molecule has 1 aliphatic rings. The molecule has 1 heterocycles. The van der Waals surface area contributed by atoms with Crippen LogP contribution in [-0.4, -0.2) is 29.6 Å². The second kappa shape index (κ2) is 3.76. The van der Waals surface area contributed by atoms with E-state index in [1.54, 1.807) is 0 Å². The maximum atomic E-state index is 5.13. The van der Waals surface area contributed by atoms with Gasteiger partial charge in [0, 0.05) is 19.6 Å². The van der Waals surface area contributed by atoms with Gasteiger partial charge in [-0.15, -0.1) is 0 Å². The normalized spacial score (nSPS) is 17.5. The van der Waals surface area contributed by atoms with E-state index < -0.39 is 0 Å². The highest BCUT2D eigenvalue weighted by molar-refractivity contribution is 7.80. The predicted molar refractivity (Wildman–Crippen MR) is 47.1 cm³/mol. The molecule has 0 atom stereocenters. The summed E-state index contributed by atoms with van der Waals surface area (Å²) < 4.78 is 0. The third-order valence-electron chi connectivity index (χ3n) is 1.72. The molecule has 2 nitrogen and oxygen atoms in total. The lowest BCUT2D eigenvalue weighted by atomic mass is 10.4. The molecule has 1 fully saturated rings. The molecule has 1 aliphatic heterocycles. The molecule has 0 radical (unpaired) electrons. The molecule has 0 amide bonds. The van der Waals surface area contributed by atoms with Gasteiger partial charge in [-0.3, -0.25) is 0 Å². The van der Waals surface area contributed by atoms with Crippen molar-refractivity contribution in [2.75, 3.05) is 19.6 Å². The van der Waals surface area contributed by atoms with E-state index in [4.69, 9.17) is 12.2 Å². The molecule has 0 aromatic heterocycles. The first-order valence-electron chi connectivity index (χ1n) is 3.87. The summed E-state index contributed by atoms with van der Waals surface area (Å²) in [6, 6.07) is 0. The van der Waals surface area contributed by atoms with Crippen molar-refractivity contribution in [2.45, 2.75) is 19.8 Å². The standard InChI is InChI=1S/C7H14N2S/c1-2-8-7(10)9-5-3-4-6-9/h2-6H2,1H3,(H,8,10). The monoisotopic (exact) mass is 158 g/mol. The number of likely N-dealkylation sites (tertiary alicyclic amines) is 1. The SMILES string of the molecule is CCNC(=S)N1CCCC1. The van der Waals surface area contributed by atoms with Gasteiger partial charge < -0.3 is 10.2 Å². The molecule has 3 heteroatoms. The summed E-state index contributed by atoms with van der Waals surface area (Å²) in [6.07, 6.45) is 2.59. The third kappa shape index (κ3) is 1.84. The summed E-state index contributed by atoms with van der Waals surface area (Å²) in [5, 5.41) is 4.08. The maximum Gasteiger partial charge on any atom is 0.168 e. The van der Waals surface area contributed by atoms with E-state index >= 15 is 0 Å². The molecule has 0 aromatic rings. The highest BCUT2D eigenvalue weighted by atomic mass is 32.1. The topological polar surface area (TPSA) is 15.3 Å². The van der Waals surface area contributed by atoms with Crippen LogP contribution in [0, 0.1) is 0 Å². The number of rotatable bonds is 1. The number of thiocarbonyl (C=S) groups is 1. The molecular weight excluding hydrogens is 144 g/mol.